The summed E-state index contributed by atoms with van der Waals surface area (Å²) in [5.41, 5.74) is 0.934. The fraction of sp³-hybridized carbons (Fsp3) is 0.240. The molecule has 0 bridgehead atoms. The van der Waals surface area contributed by atoms with Gasteiger partial charge in [-0.3, -0.25) is 9.36 Å². The van der Waals surface area contributed by atoms with Crippen molar-refractivity contribution in [1.82, 2.24) is 5.09 Å². The van der Waals surface area contributed by atoms with Crippen LogP contribution in [0.3, 0.4) is 0 Å². The molecule has 0 heterocycles. The lowest BCUT2D eigenvalue weighted by molar-refractivity contribution is -0.140. The molecule has 0 aliphatic carbocycles. The van der Waals surface area contributed by atoms with E-state index < -0.39 is 28.5 Å². The Kier molecular flexibility index (Phi) is 8.25. The van der Waals surface area contributed by atoms with E-state index in [0.717, 1.165) is 5.56 Å². The van der Waals surface area contributed by atoms with Crippen LogP contribution in [0.15, 0.2) is 89.8 Å². The van der Waals surface area contributed by atoms with E-state index in [-0.39, 0.29) is 24.2 Å². The highest BCUT2D eigenvalue weighted by molar-refractivity contribution is 7.92. The lowest BCUT2D eigenvalue weighted by Gasteiger charge is -2.27. The zero-order chi connectivity index (χ0) is 23.9. The molecule has 1 atom stereocenters. The van der Waals surface area contributed by atoms with E-state index in [9.17, 15) is 17.8 Å². The highest BCUT2D eigenvalue weighted by atomic mass is 32.2. The molecule has 174 valence electrons. The minimum absolute atomic E-state index is 0.0685. The van der Waals surface area contributed by atoms with Gasteiger partial charge in [-0.15, -0.1) is 0 Å². The summed E-state index contributed by atoms with van der Waals surface area (Å²) in [6.07, 6.45) is 0.424. The van der Waals surface area contributed by atoms with Crippen molar-refractivity contribution < 1.29 is 22.5 Å². The highest BCUT2D eigenvalue weighted by Gasteiger charge is 2.36. The van der Waals surface area contributed by atoms with Gasteiger partial charge in [0.05, 0.1) is 12.0 Å². The van der Waals surface area contributed by atoms with Crippen LogP contribution in [-0.2, 0) is 23.9 Å². The van der Waals surface area contributed by atoms with Crippen LogP contribution >= 0.6 is 7.29 Å². The number of sulfone groups is 1. The van der Waals surface area contributed by atoms with Crippen LogP contribution in [0.25, 0.3) is 0 Å². The summed E-state index contributed by atoms with van der Waals surface area (Å²) in [6, 6.07) is 24.2. The van der Waals surface area contributed by atoms with Gasteiger partial charge in [0.1, 0.15) is 5.37 Å². The molecule has 33 heavy (non-hydrogen) atoms. The third kappa shape index (κ3) is 5.99. The molecule has 3 aromatic rings. The normalized spacial score (nSPS) is 12.8. The Hall–Kier alpha value is -2.73. The van der Waals surface area contributed by atoms with Gasteiger partial charge in [0.15, 0.2) is 9.84 Å². The third-order valence-electron chi connectivity index (χ3n) is 5.36. The number of ether oxygens (including phenoxy) is 1. The van der Waals surface area contributed by atoms with Crippen LogP contribution in [0.1, 0.15) is 24.8 Å². The Morgan fingerprint density at radius 3 is 1.91 bits per heavy atom. The summed E-state index contributed by atoms with van der Waals surface area (Å²) >= 11 is 0. The van der Waals surface area contributed by atoms with Crippen molar-refractivity contribution in [2.24, 2.45) is 0 Å². The summed E-state index contributed by atoms with van der Waals surface area (Å²) in [6.45, 7) is 1.88. The first-order chi connectivity index (χ1) is 15.8. The molecule has 0 aliphatic rings. The van der Waals surface area contributed by atoms with E-state index in [0.29, 0.717) is 10.6 Å². The number of methoxy groups -OCH3 is 1. The fourth-order valence-corrected chi connectivity index (χ4v) is 8.13. The Morgan fingerprint density at radius 1 is 0.909 bits per heavy atom. The topological polar surface area (TPSA) is 89.5 Å². The molecule has 3 rings (SSSR count). The summed E-state index contributed by atoms with van der Waals surface area (Å²) in [5.74, 6) is -0.421. The number of nitrogens with one attached hydrogen (secondary N) is 1. The number of benzene rings is 3. The average molecular weight is 486 g/mol. The second kappa shape index (κ2) is 10.9. The summed E-state index contributed by atoms with van der Waals surface area (Å²) in [5, 5.41) is 2.87. The number of hydrogen-bond donors (Lipinski definition) is 1. The molecular formula is C25H28NO5PS. The van der Waals surface area contributed by atoms with Gasteiger partial charge >= 0.3 is 5.97 Å². The minimum atomic E-state index is -3.91. The van der Waals surface area contributed by atoms with Gasteiger partial charge in [-0.1, -0.05) is 54.1 Å². The second-order valence-corrected chi connectivity index (χ2v) is 12.4. The van der Waals surface area contributed by atoms with E-state index in [2.05, 4.69) is 5.09 Å². The van der Waals surface area contributed by atoms with Gasteiger partial charge in [-0.2, -0.15) is 0 Å². The summed E-state index contributed by atoms with van der Waals surface area (Å²) in [4.78, 5) is 11.8. The van der Waals surface area contributed by atoms with Crippen LogP contribution in [0, 0.1) is 6.92 Å². The van der Waals surface area contributed by atoms with Gasteiger partial charge in [-0.05, 0) is 56.2 Å². The van der Waals surface area contributed by atoms with Crippen molar-refractivity contribution >= 4 is 33.7 Å². The molecule has 8 heteroatoms. The van der Waals surface area contributed by atoms with Crippen LogP contribution in [-0.4, -0.2) is 26.9 Å². The number of esters is 1. The molecule has 3 aromatic carbocycles. The number of carbonyl (C=O) groups is 1. The molecule has 0 fully saturated rings. The Balaban J connectivity index is 2.05. The lowest BCUT2D eigenvalue weighted by Crippen LogP contribution is -2.40. The van der Waals surface area contributed by atoms with E-state index in [1.807, 2.05) is 19.1 Å². The number of rotatable bonds is 10. The van der Waals surface area contributed by atoms with Crippen molar-refractivity contribution in [2.45, 2.75) is 36.5 Å². The SMILES string of the molecule is COC(=O)CCCC(NP(=O)(c1ccccc1)c1ccccc1)S(=O)(=O)c1ccc(C)cc1. The van der Waals surface area contributed by atoms with Crippen molar-refractivity contribution in [3.05, 3.63) is 90.5 Å². The summed E-state index contributed by atoms with van der Waals surface area (Å²) in [7, 11) is -6.14. The fourth-order valence-electron chi connectivity index (χ4n) is 3.49. The third-order valence-corrected chi connectivity index (χ3v) is 10.3. The predicted molar refractivity (Wildman–Crippen MR) is 131 cm³/mol. The molecule has 0 saturated heterocycles. The standard InChI is InChI=1S/C25H28NO5PS/c1-20-16-18-23(19-17-20)33(29,30)24(14-9-15-25(27)31-2)26-32(28,21-10-5-3-6-11-21)22-12-7-4-8-13-22/h3-8,10-13,16-19,24H,9,14-15H2,1-2H3,(H,26,28). The molecule has 6 nitrogen and oxygen atoms in total. The van der Waals surface area contributed by atoms with E-state index in [1.165, 1.54) is 7.11 Å². The second-order valence-electron chi connectivity index (χ2n) is 7.72. The van der Waals surface area contributed by atoms with Gasteiger partial charge in [0.25, 0.3) is 0 Å². The number of hydrogen-bond acceptors (Lipinski definition) is 5. The van der Waals surface area contributed by atoms with Gasteiger partial charge in [0.2, 0.25) is 7.29 Å². The minimum Gasteiger partial charge on any atom is -0.469 e. The summed E-state index contributed by atoms with van der Waals surface area (Å²) < 4.78 is 46.4. The molecule has 0 spiro atoms. The van der Waals surface area contributed by atoms with Crippen LogP contribution in [0.2, 0.25) is 0 Å². The monoisotopic (exact) mass is 485 g/mol. The maximum absolute atomic E-state index is 14.4. The zero-order valence-electron chi connectivity index (χ0n) is 18.7. The number of carbonyl (C=O) groups excluding carboxylic acids is 1. The predicted octanol–water partition coefficient (Wildman–Crippen LogP) is 3.96. The molecule has 1 unspecified atom stereocenters. The van der Waals surface area contributed by atoms with Crippen LogP contribution < -0.4 is 15.7 Å². The van der Waals surface area contributed by atoms with Crippen LogP contribution in [0.4, 0.5) is 0 Å². The Bertz CT molecular complexity index is 1170. The van der Waals surface area contributed by atoms with Crippen LogP contribution in [0.5, 0.6) is 0 Å². The molecule has 0 radical (unpaired) electrons. The molecular weight excluding hydrogens is 457 g/mol. The zero-order valence-corrected chi connectivity index (χ0v) is 20.4. The Labute approximate surface area is 195 Å². The first kappa shape index (κ1) is 24.9. The van der Waals surface area contributed by atoms with E-state index in [4.69, 9.17) is 4.74 Å². The molecule has 1 N–H and O–H groups in total. The smallest absolute Gasteiger partial charge is 0.305 e. The van der Waals surface area contributed by atoms with Crippen molar-refractivity contribution in [3.63, 3.8) is 0 Å². The molecule has 0 aliphatic heterocycles. The van der Waals surface area contributed by atoms with Gasteiger partial charge in [-0.25, -0.2) is 13.5 Å². The van der Waals surface area contributed by atoms with E-state index in [1.54, 1.807) is 72.8 Å². The molecule has 0 aromatic heterocycles. The van der Waals surface area contributed by atoms with E-state index >= 15 is 0 Å². The first-order valence-corrected chi connectivity index (χ1v) is 13.9. The largest absolute Gasteiger partial charge is 0.469 e. The quantitative estimate of drug-likeness (QED) is 0.345. The average Bonchev–Trinajstić information content (AvgIpc) is 2.84. The van der Waals surface area contributed by atoms with Crippen molar-refractivity contribution in [3.8, 4) is 0 Å². The maximum atomic E-state index is 14.4. The first-order valence-electron chi connectivity index (χ1n) is 10.6. The number of aryl methyl sites for hydroxylation is 1. The van der Waals surface area contributed by atoms with Crippen molar-refractivity contribution in [2.75, 3.05) is 7.11 Å². The molecule has 0 saturated carbocycles. The Morgan fingerprint density at radius 2 is 1.42 bits per heavy atom. The maximum Gasteiger partial charge on any atom is 0.305 e. The highest BCUT2D eigenvalue weighted by Crippen LogP contribution is 2.41. The van der Waals surface area contributed by atoms with Crippen molar-refractivity contribution in [1.29, 1.82) is 0 Å². The van der Waals surface area contributed by atoms with Gasteiger partial charge < -0.3 is 4.74 Å². The molecule has 0 amide bonds. The van der Waals surface area contributed by atoms with Gasteiger partial charge in [0, 0.05) is 17.0 Å². The lowest BCUT2D eigenvalue weighted by atomic mass is 10.2.